The van der Waals surface area contributed by atoms with E-state index in [1.165, 1.54) is 6.42 Å². The number of methoxy groups -OCH3 is 2. The lowest BCUT2D eigenvalue weighted by molar-refractivity contribution is 0.159. The number of hydrogen-bond donors (Lipinski definition) is 1. The number of benzene rings is 1. The fraction of sp³-hybridized carbons (Fsp3) is 0.667. The number of ether oxygens (including phenoxy) is 2. The molecule has 0 saturated carbocycles. The summed E-state index contributed by atoms with van der Waals surface area (Å²) in [6.07, 6.45) is 2.28. The maximum absolute atomic E-state index is 6.67. The fourth-order valence-electron chi connectivity index (χ4n) is 3.18. The van der Waals surface area contributed by atoms with Gasteiger partial charge in [0.2, 0.25) is 0 Å². The number of halogens is 1. The lowest BCUT2D eigenvalue weighted by atomic mass is 9.95. The van der Waals surface area contributed by atoms with Gasteiger partial charge in [0.15, 0.2) is 11.5 Å². The monoisotopic (exact) mass is 340 g/mol. The summed E-state index contributed by atoms with van der Waals surface area (Å²) in [7, 11) is 3.28. The zero-order valence-corrected chi connectivity index (χ0v) is 15.4. The van der Waals surface area contributed by atoms with E-state index in [0.717, 1.165) is 38.2 Å². The standard InChI is InChI=1S/C18H29ClN2O2/c1-13(2)5-7-15(21-11-9-20-10-12-21)14-6-8-16(22-3)18(23-4)17(14)19/h6,8,13,15,20H,5,7,9-12H2,1-4H3/t15-/m0/s1. The van der Waals surface area contributed by atoms with Crippen LogP contribution in [0.1, 0.15) is 38.3 Å². The van der Waals surface area contributed by atoms with Gasteiger partial charge in [0.25, 0.3) is 0 Å². The summed E-state index contributed by atoms with van der Waals surface area (Å²) in [5.74, 6) is 2.00. The van der Waals surface area contributed by atoms with Crippen LogP contribution in [0, 0.1) is 5.92 Å². The summed E-state index contributed by atoms with van der Waals surface area (Å²) in [6, 6.07) is 4.38. The fourth-order valence-corrected chi connectivity index (χ4v) is 3.54. The SMILES string of the molecule is COc1ccc([C@H](CCC(C)C)N2CCNCC2)c(Cl)c1OC. The number of hydrogen-bond acceptors (Lipinski definition) is 4. The maximum Gasteiger partial charge on any atom is 0.179 e. The highest BCUT2D eigenvalue weighted by atomic mass is 35.5. The normalized spacial score (nSPS) is 17.3. The molecule has 0 amide bonds. The molecule has 0 spiro atoms. The van der Waals surface area contributed by atoms with Gasteiger partial charge >= 0.3 is 0 Å². The Bertz CT molecular complexity index is 502. The molecule has 130 valence electrons. The first-order chi connectivity index (χ1) is 11.1. The molecule has 1 N–H and O–H groups in total. The molecular formula is C18H29ClN2O2. The van der Waals surface area contributed by atoms with Crippen LogP contribution in [0.2, 0.25) is 5.02 Å². The molecule has 0 unspecified atom stereocenters. The highest BCUT2D eigenvalue weighted by Crippen LogP contribution is 2.42. The highest BCUT2D eigenvalue weighted by Gasteiger charge is 2.26. The Kier molecular flexibility index (Phi) is 7.00. The molecule has 1 atom stereocenters. The van der Waals surface area contributed by atoms with Gasteiger partial charge in [-0.25, -0.2) is 0 Å². The third-order valence-corrected chi connectivity index (χ3v) is 4.87. The van der Waals surface area contributed by atoms with Crippen molar-refractivity contribution >= 4 is 11.6 Å². The molecule has 1 aromatic rings. The van der Waals surface area contributed by atoms with Gasteiger partial charge in [0.05, 0.1) is 19.2 Å². The van der Waals surface area contributed by atoms with E-state index in [2.05, 4.69) is 30.1 Å². The largest absolute Gasteiger partial charge is 0.493 e. The van der Waals surface area contributed by atoms with Gasteiger partial charge in [-0.1, -0.05) is 31.5 Å². The van der Waals surface area contributed by atoms with Crippen LogP contribution in [0.4, 0.5) is 0 Å². The summed E-state index contributed by atoms with van der Waals surface area (Å²) in [5.41, 5.74) is 1.15. The van der Waals surface area contributed by atoms with Gasteiger partial charge in [-0.2, -0.15) is 0 Å². The van der Waals surface area contributed by atoms with Crippen LogP contribution in [-0.2, 0) is 0 Å². The minimum atomic E-state index is 0.326. The minimum Gasteiger partial charge on any atom is -0.493 e. The average molecular weight is 341 g/mol. The van der Waals surface area contributed by atoms with Crippen molar-refractivity contribution in [3.63, 3.8) is 0 Å². The van der Waals surface area contributed by atoms with Crippen molar-refractivity contribution in [3.8, 4) is 11.5 Å². The summed E-state index contributed by atoms with van der Waals surface area (Å²) >= 11 is 6.67. The van der Waals surface area contributed by atoms with E-state index in [1.807, 2.05) is 6.07 Å². The Morgan fingerprint density at radius 1 is 1.13 bits per heavy atom. The first-order valence-electron chi connectivity index (χ1n) is 8.43. The molecule has 0 bridgehead atoms. The quantitative estimate of drug-likeness (QED) is 0.819. The topological polar surface area (TPSA) is 33.7 Å². The van der Waals surface area contributed by atoms with Gasteiger partial charge in [0, 0.05) is 32.2 Å². The Morgan fingerprint density at radius 2 is 1.83 bits per heavy atom. The van der Waals surface area contributed by atoms with E-state index in [0.29, 0.717) is 28.5 Å². The molecular weight excluding hydrogens is 312 g/mol. The smallest absolute Gasteiger partial charge is 0.179 e. The summed E-state index contributed by atoms with van der Waals surface area (Å²) in [4.78, 5) is 2.53. The van der Waals surface area contributed by atoms with Crippen LogP contribution in [0.5, 0.6) is 11.5 Å². The Balaban J connectivity index is 2.33. The van der Waals surface area contributed by atoms with Crippen molar-refractivity contribution < 1.29 is 9.47 Å². The van der Waals surface area contributed by atoms with Gasteiger partial charge in [0.1, 0.15) is 0 Å². The zero-order valence-electron chi connectivity index (χ0n) is 14.7. The molecule has 5 heteroatoms. The molecule has 1 fully saturated rings. The molecule has 4 nitrogen and oxygen atoms in total. The molecule has 0 aliphatic carbocycles. The average Bonchev–Trinajstić information content (AvgIpc) is 2.56. The van der Waals surface area contributed by atoms with E-state index in [9.17, 15) is 0 Å². The van der Waals surface area contributed by atoms with E-state index in [-0.39, 0.29) is 0 Å². The molecule has 1 aliphatic rings. The Hall–Kier alpha value is -0.970. The summed E-state index contributed by atoms with van der Waals surface area (Å²) in [6.45, 7) is 8.70. The molecule has 23 heavy (non-hydrogen) atoms. The van der Waals surface area contributed by atoms with Crippen molar-refractivity contribution in [1.82, 2.24) is 10.2 Å². The lowest BCUT2D eigenvalue weighted by Crippen LogP contribution is -2.45. The molecule has 2 rings (SSSR count). The van der Waals surface area contributed by atoms with Gasteiger partial charge < -0.3 is 14.8 Å². The predicted octanol–water partition coefficient (Wildman–Crippen LogP) is 3.74. The van der Waals surface area contributed by atoms with Gasteiger partial charge in [-0.3, -0.25) is 4.90 Å². The Labute approximate surface area is 145 Å². The molecule has 1 heterocycles. The third kappa shape index (κ3) is 4.52. The second-order valence-electron chi connectivity index (χ2n) is 6.48. The van der Waals surface area contributed by atoms with Crippen LogP contribution in [0.15, 0.2) is 12.1 Å². The molecule has 1 aliphatic heterocycles. The predicted molar refractivity (Wildman–Crippen MR) is 95.8 cm³/mol. The van der Waals surface area contributed by atoms with E-state index in [1.54, 1.807) is 14.2 Å². The highest BCUT2D eigenvalue weighted by molar-refractivity contribution is 6.33. The zero-order chi connectivity index (χ0) is 16.8. The molecule has 0 radical (unpaired) electrons. The molecule has 0 aromatic heterocycles. The summed E-state index contributed by atoms with van der Waals surface area (Å²) < 4.78 is 10.8. The van der Waals surface area contributed by atoms with Crippen LogP contribution in [0.25, 0.3) is 0 Å². The van der Waals surface area contributed by atoms with Crippen molar-refractivity contribution in [3.05, 3.63) is 22.7 Å². The van der Waals surface area contributed by atoms with Crippen LogP contribution in [-0.4, -0.2) is 45.3 Å². The van der Waals surface area contributed by atoms with Crippen molar-refractivity contribution in [2.45, 2.75) is 32.7 Å². The Morgan fingerprint density at radius 3 is 2.39 bits per heavy atom. The first-order valence-corrected chi connectivity index (χ1v) is 8.81. The van der Waals surface area contributed by atoms with E-state index in [4.69, 9.17) is 21.1 Å². The number of nitrogens with one attached hydrogen (secondary N) is 1. The van der Waals surface area contributed by atoms with Crippen LogP contribution < -0.4 is 14.8 Å². The third-order valence-electron chi connectivity index (χ3n) is 4.48. The van der Waals surface area contributed by atoms with E-state index < -0.39 is 0 Å². The molecule has 1 saturated heterocycles. The van der Waals surface area contributed by atoms with E-state index >= 15 is 0 Å². The second kappa shape index (κ2) is 8.76. The van der Waals surface area contributed by atoms with Crippen LogP contribution >= 0.6 is 11.6 Å². The van der Waals surface area contributed by atoms with Crippen LogP contribution in [0.3, 0.4) is 0 Å². The summed E-state index contributed by atoms with van der Waals surface area (Å²) in [5, 5.41) is 4.10. The van der Waals surface area contributed by atoms with Gasteiger partial charge in [-0.15, -0.1) is 0 Å². The minimum absolute atomic E-state index is 0.326. The number of rotatable bonds is 7. The van der Waals surface area contributed by atoms with Crippen molar-refractivity contribution in [2.24, 2.45) is 5.92 Å². The second-order valence-corrected chi connectivity index (χ2v) is 6.86. The van der Waals surface area contributed by atoms with Gasteiger partial charge in [-0.05, 0) is 30.4 Å². The lowest BCUT2D eigenvalue weighted by Gasteiger charge is -2.36. The first kappa shape index (κ1) is 18.4. The number of nitrogens with zero attached hydrogens (tertiary/aromatic N) is 1. The van der Waals surface area contributed by atoms with Crippen molar-refractivity contribution in [2.75, 3.05) is 40.4 Å². The molecule has 1 aromatic carbocycles. The maximum atomic E-state index is 6.67. The number of piperazine rings is 1. The van der Waals surface area contributed by atoms with Crippen molar-refractivity contribution in [1.29, 1.82) is 0 Å².